The second-order valence-corrected chi connectivity index (χ2v) is 5.90. The number of halogens is 1. The van der Waals surface area contributed by atoms with Gasteiger partial charge in [-0.2, -0.15) is 0 Å². The van der Waals surface area contributed by atoms with Gasteiger partial charge in [0.25, 0.3) is 5.91 Å². The number of carbonyl (C=O) groups excluding carboxylic acids is 1. The molecule has 0 aliphatic carbocycles. The predicted molar refractivity (Wildman–Crippen MR) is 80.2 cm³/mol. The van der Waals surface area contributed by atoms with Crippen LogP contribution in [0.2, 0.25) is 0 Å². The smallest absolute Gasteiger partial charge is 0.251 e. The van der Waals surface area contributed by atoms with E-state index in [0.717, 1.165) is 28.0 Å². The molecule has 17 heavy (non-hydrogen) atoms. The lowest BCUT2D eigenvalue weighted by Crippen LogP contribution is -2.24. The summed E-state index contributed by atoms with van der Waals surface area (Å²) in [6.45, 7) is 5.23. The first-order valence-corrected chi connectivity index (χ1v) is 7.21. The Balaban J connectivity index is 2.23. The van der Waals surface area contributed by atoms with Gasteiger partial charge in [0.15, 0.2) is 0 Å². The van der Waals surface area contributed by atoms with Crippen molar-refractivity contribution in [3.8, 4) is 0 Å². The van der Waals surface area contributed by atoms with Gasteiger partial charge < -0.3 is 5.32 Å². The van der Waals surface area contributed by atoms with Crippen LogP contribution in [-0.2, 0) is 0 Å². The van der Waals surface area contributed by atoms with Crippen LogP contribution in [0, 0.1) is 9.49 Å². The average molecular weight is 345 g/mol. The van der Waals surface area contributed by atoms with E-state index in [2.05, 4.69) is 41.8 Å². The molecule has 0 spiro atoms. The van der Waals surface area contributed by atoms with E-state index in [-0.39, 0.29) is 5.91 Å². The summed E-state index contributed by atoms with van der Waals surface area (Å²) in [7, 11) is 0. The quantitative estimate of drug-likeness (QED) is 0.616. The number of carbonyl (C=O) groups is 1. The lowest BCUT2D eigenvalue weighted by molar-refractivity contribution is 0.0953. The highest BCUT2D eigenvalue weighted by Gasteiger charge is 2.03. The minimum Gasteiger partial charge on any atom is -0.352 e. The Morgan fingerprint density at radius 1 is 1.24 bits per heavy atom. The molecule has 0 aliphatic heterocycles. The van der Waals surface area contributed by atoms with Crippen LogP contribution in [0.25, 0.3) is 0 Å². The molecule has 0 fully saturated rings. The minimum absolute atomic E-state index is 0.0333. The second-order valence-electron chi connectivity index (χ2n) is 4.65. The summed E-state index contributed by atoms with van der Waals surface area (Å²) in [5.74, 6) is 0.785. The predicted octanol–water partition coefficient (Wildman–Crippen LogP) is 3.85. The third kappa shape index (κ3) is 6.05. The molecule has 0 bridgehead atoms. The molecule has 0 atom stereocenters. The molecule has 0 unspecified atom stereocenters. The van der Waals surface area contributed by atoms with Crippen LogP contribution >= 0.6 is 22.6 Å². The van der Waals surface area contributed by atoms with Crippen LogP contribution in [0.1, 0.15) is 43.5 Å². The molecule has 94 valence electrons. The van der Waals surface area contributed by atoms with Gasteiger partial charge in [-0.15, -0.1) is 0 Å². The number of unbranched alkanes of at least 4 members (excludes halogenated alkanes) is 1. The van der Waals surface area contributed by atoms with Gasteiger partial charge in [-0.3, -0.25) is 4.79 Å². The van der Waals surface area contributed by atoms with Gasteiger partial charge in [0.2, 0.25) is 0 Å². The highest BCUT2D eigenvalue weighted by Crippen LogP contribution is 2.07. The molecule has 0 saturated carbocycles. The Hall–Kier alpha value is -0.580. The maximum Gasteiger partial charge on any atom is 0.251 e. The third-order valence-corrected chi connectivity index (χ3v) is 3.32. The van der Waals surface area contributed by atoms with Crippen molar-refractivity contribution >= 4 is 28.5 Å². The van der Waals surface area contributed by atoms with E-state index in [1.54, 1.807) is 0 Å². The Labute approximate surface area is 117 Å². The SMILES string of the molecule is CC(C)CCCCNC(=O)c1ccc(I)cc1. The van der Waals surface area contributed by atoms with Gasteiger partial charge in [-0.25, -0.2) is 0 Å². The first-order chi connectivity index (χ1) is 8.09. The molecule has 2 nitrogen and oxygen atoms in total. The molecule has 1 N–H and O–H groups in total. The van der Waals surface area contributed by atoms with Crippen molar-refractivity contribution in [3.63, 3.8) is 0 Å². The molecule has 3 heteroatoms. The maximum atomic E-state index is 11.7. The Morgan fingerprint density at radius 3 is 2.47 bits per heavy atom. The molecule has 1 aromatic rings. The van der Waals surface area contributed by atoms with Crippen LogP contribution in [0.3, 0.4) is 0 Å². The van der Waals surface area contributed by atoms with Gasteiger partial charge >= 0.3 is 0 Å². The highest BCUT2D eigenvalue weighted by molar-refractivity contribution is 14.1. The number of hydrogen-bond donors (Lipinski definition) is 1. The first-order valence-electron chi connectivity index (χ1n) is 6.13. The lowest BCUT2D eigenvalue weighted by atomic mass is 10.1. The van der Waals surface area contributed by atoms with E-state index in [0.29, 0.717) is 0 Å². The molecule has 0 radical (unpaired) electrons. The summed E-state index contributed by atoms with van der Waals surface area (Å²) < 4.78 is 1.15. The van der Waals surface area contributed by atoms with Crippen LogP contribution in [0.4, 0.5) is 0 Å². The van der Waals surface area contributed by atoms with E-state index in [1.165, 1.54) is 12.8 Å². The van der Waals surface area contributed by atoms with E-state index < -0.39 is 0 Å². The van der Waals surface area contributed by atoms with E-state index in [4.69, 9.17) is 0 Å². The largest absolute Gasteiger partial charge is 0.352 e. The number of benzene rings is 1. The van der Waals surface area contributed by atoms with E-state index >= 15 is 0 Å². The summed E-state index contributed by atoms with van der Waals surface area (Å²) in [5, 5.41) is 2.95. The molecular weight excluding hydrogens is 325 g/mol. The second kappa shape index (κ2) is 7.69. The summed E-state index contributed by atoms with van der Waals surface area (Å²) in [4.78, 5) is 11.7. The summed E-state index contributed by atoms with van der Waals surface area (Å²) >= 11 is 2.23. The fraction of sp³-hybridized carbons (Fsp3) is 0.500. The first kappa shape index (κ1) is 14.5. The van der Waals surface area contributed by atoms with Crippen LogP contribution in [-0.4, -0.2) is 12.5 Å². The minimum atomic E-state index is 0.0333. The van der Waals surface area contributed by atoms with Crippen molar-refractivity contribution < 1.29 is 4.79 Å². The average Bonchev–Trinajstić information content (AvgIpc) is 2.29. The molecular formula is C14H20INO. The molecule has 0 heterocycles. The van der Waals surface area contributed by atoms with Crippen LogP contribution in [0.15, 0.2) is 24.3 Å². The van der Waals surface area contributed by atoms with E-state index in [9.17, 15) is 4.79 Å². The third-order valence-electron chi connectivity index (χ3n) is 2.60. The number of rotatable bonds is 6. The van der Waals surface area contributed by atoms with Crippen molar-refractivity contribution in [2.45, 2.75) is 33.1 Å². The van der Waals surface area contributed by atoms with Crippen molar-refractivity contribution in [2.75, 3.05) is 6.54 Å². The monoisotopic (exact) mass is 345 g/mol. The highest BCUT2D eigenvalue weighted by atomic mass is 127. The number of nitrogens with one attached hydrogen (secondary N) is 1. The molecule has 1 rings (SSSR count). The topological polar surface area (TPSA) is 29.1 Å². The lowest BCUT2D eigenvalue weighted by Gasteiger charge is -2.06. The zero-order valence-electron chi connectivity index (χ0n) is 10.5. The van der Waals surface area contributed by atoms with Gasteiger partial charge in [0, 0.05) is 15.7 Å². The Kier molecular flexibility index (Phi) is 6.55. The van der Waals surface area contributed by atoms with Gasteiger partial charge in [-0.1, -0.05) is 26.7 Å². The fourth-order valence-electron chi connectivity index (χ4n) is 1.58. The van der Waals surface area contributed by atoms with Crippen molar-refractivity contribution in [2.24, 2.45) is 5.92 Å². The van der Waals surface area contributed by atoms with Crippen molar-refractivity contribution in [3.05, 3.63) is 33.4 Å². The Bertz CT molecular complexity index is 346. The van der Waals surface area contributed by atoms with Gasteiger partial charge in [0.1, 0.15) is 0 Å². The zero-order chi connectivity index (χ0) is 12.7. The van der Waals surface area contributed by atoms with Crippen LogP contribution < -0.4 is 5.32 Å². The number of amides is 1. The Morgan fingerprint density at radius 2 is 1.88 bits per heavy atom. The fourth-order valence-corrected chi connectivity index (χ4v) is 1.94. The van der Waals surface area contributed by atoms with Crippen LogP contribution in [0.5, 0.6) is 0 Å². The molecule has 0 aliphatic rings. The van der Waals surface area contributed by atoms with E-state index in [1.807, 2.05) is 24.3 Å². The van der Waals surface area contributed by atoms with Crippen molar-refractivity contribution in [1.82, 2.24) is 5.32 Å². The number of hydrogen-bond acceptors (Lipinski definition) is 1. The van der Waals surface area contributed by atoms with Crippen molar-refractivity contribution in [1.29, 1.82) is 0 Å². The summed E-state index contributed by atoms with van der Waals surface area (Å²) in [6, 6.07) is 7.64. The molecule has 1 aromatic carbocycles. The molecule has 0 saturated heterocycles. The summed E-state index contributed by atoms with van der Waals surface area (Å²) in [6.07, 6.45) is 3.48. The zero-order valence-corrected chi connectivity index (χ0v) is 12.7. The normalized spacial score (nSPS) is 10.6. The maximum absolute atomic E-state index is 11.7. The molecule has 1 amide bonds. The van der Waals surface area contributed by atoms with Gasteiger partial charge in [0.05, 0.1) is 0 Å². The standard InChI is InChI=1S/C14H20INO/c1-11(2)5-3-4-10-16-14(17)12-6-8-13(15)9-7-12/h6-9,11H,3-5,10H2,1-2H3,(H,16,17). The molecule has 0 aromatic heterocycles. The van der Waals surface area contributed by atoms with Gasteiger partial charge in [-0.05, 0) is 59.2 Å². The summed E-state index contributed by atoms with van der Waals surface area (Å²) in [5.41, 5.74) is 0.745.